The normalized spacial score (nSPS) is 12.2. The second-order valence-corrected chi connectivity index (χ2v) is 5.49. The molecule has 1 N–H and O–H groups in total. The molecule has 0 saturated carbocycles. The van der Waals surface area contributed by atoms with Gasteiger partial charge in [-0.15, -0.1) is 11.8 Å². The Morgan fingerprint density at radius 2 is 2.18 bits per heavy atom. The number of hydrogen-bond acceptors (Lipinski definition) is 3. The van der Waals surface area contributed by atoms with E-state index in [0.717, 1.165) is 0 Å². The lowest BCUT2D eigenvalue weighted by Crippen LogP contribution is -2.22. The van der Waals surface area contributed by atoms with Crippen molar-refractivity contribution in [1.82, 2.24) is 0 Å². The van der Waals surface area contributed by atoms with Crippen molar-refractivity contribution in [3.05, 3.63) is 28.8 Å². The number of aliphatic carboxylic acids is 1. The molecule has 3 nitrogen and oxygen atoms in total. The van der Waals surface area contributed by atoms with E-state index in [1.807, 2.05) is 19.9 Å². The van der Waals surface area contributed by atoms with Gasteiger partial charge in [0, 0.05) is 9.92 Å². The van der Waals surface area contributed by atoms with Gasteiger partial charge in [0.05, 0.1) is 5.56 Å². The minimum Gasteiger partial charge on any atom is -0.480 e. The molecular formula is C12H12ClNO2S. The molecule has 1 aromatic carbocycles. The summed E-state index contributed by atoms with van der Waals surface area (Å²) < 4.78 is 0. The Bertz CT molecular complexity index is 468. The molecule has 1 rings (SSSR count). The lowest BCUT2D eigenvalue weighted by molar-refractivity contribution is -0.137. The Labute approximate surface area is 109 Å². The molecule has 0 aliphatic heterocycles. The van der Waals surface area contributed by atoms with Gasteiger partial charge in [0.15, 0.2) is 0 Å². The number of benzene rings is 1. The summed E-state index contributed by atoms with van der Waals surface area (Å²) >= 11 is 6.96. The van der Waals surface area contributed by atoms with Crippen molar-refractivity contribution in [3.63, 3.8) is 0 Å². The first-order valence-electron chi connectivity index (χ1n) is 5.04. The van der Waals surface area contributed by atoms with Gasteiger partial charge in [0.2, 0.25) is 0 Å². The summed E-state index contributed by atoms with van der Waals surface area (Å²) in [6.07, 6.45) is 0. The molecular weight excluding hydrogens is 258 g/mol. The van der Waals surface area contributed by atoms with Crippen LogP contribution >= 0.6 is 23.4 Å². The summed E-state index contributed by atoms with van der Waals surface area (Å²) in [5.41, 5.74) is 0.411. The summed E-state index contributed by atoms with van der Waals surface area (Å²) in [5.74, 6) is -0.886. The third-order valence-electron chi connectivity index (χ3n) is 2.16. The van der Waals surface area contributed by atoms with Gasteiger partial charge in [0.25, 0.3) is 0 Å². The topological polar surface area (TPSA) is 61.1 Å². The van der Waals surface area contributed by atoms with Gasteiger partial charge >= 0.3 is 5.97 Å². The van der Waals surface area contributed by atoms with E-state index in [9.17, 15) is 4.79 Å². The predicted molar refractivity (Wildman–Crippen MR) is 68.3 cm³/mol. The predicted octanol–water partition coefficient (Wildman–Crippen LogP) is 3.41. The Hall–Kier alpha value is -1.18. The highest BCUT2D eigenvalue weighted by Crippen LogP contribution is 2.32. The number of carboxylic acids is 1. The zero-order chi connectivity index (χ0) is 13.0. The largest absolute Gasteiger partial charge is 0.480 e. The van der Waals surface area contributed by atoms with Crippen LogP contribution in [0, 0.1) is 17.2 Å². The summed E-state index contributed by atoms with van der Waals surface area (Å²) in [4.78, 5) is 11.7. The quantitative estimate of drug-likeness (QED) is 0.851. The molecule has 0 fully saturated rings. The first kappa shape index (κ1) is 13.9. The van der Waals surface area contributed by atoms with Crippen molar-refractivity contribution in [2.45, 2.75) is 24.0 Å². The number of hydrogen-bond donors (Lipinski definition) is 1. The van der Waals surface area contributed by atoms with Crippen LogP contribution in [0.2, 0.25) is 5.02 Å². The van der Waals surface area contributed by atoms with Gasteiger partial charge < -0.3 is 5.11 Å². The summed E-state index contributed by atoms with van der Waals surface area (Å²) in [7, 11) is 0. The van der Waals surface area contributed by atoms with E-state index in [4.69, 9.17) is 22.0 Å². The number of rotatable bonds is 4. The molecule has 5 heteroatoms. The lowest BCUT2D eigenvalue weighted by atomic mass is 10.1. The van der Waals surface area contributed by atoms with Crippen molar-refractivity contribution in [3.8, 4) is 6.07 Å². The fourth-order valence-electron chi connectivity index (χ4n) is 1.30. The van der Waals surface area contributed by atoms with Crippen molar-refractivity contribution in [2.24, 2.45) is 5.92 Å². The highest BCUT2D eigenvalue weighted by molar-refractivity contribution is 8.00. The number of carbonyl (C=O) groups is 1. The van der Waals surface area contributed by atoms with Gasteiger partial charge in [-0.2, -0.15) is 5.26 Å². The molecule has 0 amide bonds. The van der Waals surface area contributed by atoms with Crippen molar-refractivity contribution in [1.29, 1.82) is 5.26 Å². The van der Waals surface area contributed by atoms with E-state index in [1.54, 1.807) is 18.2 Å². The van der Waals surface area contributed by atoms with Gasteiger partial charge in [-0.05, 0) is 24.1 Å². The van der Waals surface area contributed by atoms with Gasteiger partial charge in [-0.25, -0.2) is 0 Å². The molecule has 90 valence electrons. The molecule has 0 aromatic heterocycles. The van der Waals surface area contributed by atoms with Crippen molar-refractivity contribution < 1.29 is 9.90 Å². The van der Waals surface area contributed by atoms with E-state index >= 15 is 0 Å². The van der Waals surface area contributed by atoms with E-state index < -0.39 is 11.2 Å². The lowest BCUT2D eigenvalue weighted by Gasteiger charge is -2.16. The smallest absolute Gasteiger partial charge is 0.317 e. The van der Waals surface area contributed by atoms with Crippen LogP contribution in [0.1, 0.15) is 19.4 Å². The van der Waals surface area contributed by atoms with Crippen molar-refractivity contribution in [2.75, 3.05) is 0 Å². The minimum absolute atomic E-state index is 0.0141. The molecule has 1 atom stereocenters. The average Bonchev–Trinajstić information content (AvgIpc) is 2.26. The van der Waals surface area contributed by atoms with Gasteiger partial charge in [-0.3, -0.25) is 4.79 Å². The van der Waals surface area contributed by atoms with Gasteiger partial charge in [0.1, 0.15) is 11.3 Å². The van der Waals surface area contributed by atoms with E-state index in [1.165, 1.54) is 11.8 Å². The summed E-state index contributed by atoms with van der Waals surface area (Å²) in [6, 6.07) is 6.91. The fraction of sp³-hybridized carbons (Fsp3) is 0.333. The second kappa shape index (κ2) is 5.95. The first-order valence-corrected chi connectivity index (χ1v) is 6.30. The molecule has 0 bridgehead atoms. The van der Waals surface area contributed by atoms with E-state index in [-0.39, 0.29) is 5.92 Å². The zero-order valence-electron chi connectivity index (χ0n) is 9.48. The summed E-state index contributed by atoms with van der Waals surface area (Å²) in [5, 5.41) is 18.0. The first-order chi connectivity index (χ1) is 7.95. The molecule has 1 aromatic rings. The third-order valence-corrected chi connectivity index (χ3v) is 4.01. The third kappa shape index (κ3) is 3.65. The highest BCUT2D eigenvalue weighted by Gasteiger charge is 2.23. The van der Waals surface area contributed by atoms with Crippen LogP contribution in [0.4, 0.5) is 0 Å². The second-order valence-electron chi connectivity index (χ2n) is 3.87. The van der Waals surface area contributed by atoms with E-state index in [2.05, 4.69) is 0 Å². The maximum Gasteiger partial charge on any atom is 0.317 e. The van der Waals surface area contributed by atoms with Crippen LogP contribution in [0.5, 0.6) is 0 Å². The summed E-state index contributed by atoms with van der Waals surface area (Å²) in [6.45, 7) is 3.68. The zero-order valence-corrected chi connectivity index (χ0v) is 11.0. The van der Waals surface area contributed by atoms with E-state index in [0.29, 0.717) is 15.5 Å². The molecule has 0 saturated heterocycles. The van der Waals surface area contributed by atoms with Crippen LogP contribution in [-0.4, -0.2) is 16.3 Å². The molecule has 1 unspecified atom stereocenters. The molecule has 0 spiro atoms. The standard InChI is InChI=1S/C12H12ClNO2S/c1-7(2)11(12(15)16)17-10-4-3-9(13)5-8(10)6-14/h3-5,7,11H,1-2H3,(H,15,16). The monoisotopic (exact) mass is 269 g/mol. The Kier molecular flexibility index (Phi) is 4.86. The minimum atomic E-state index is -0.871. The molecule has 0 heterocycles. The number of nitrogens with zero attached hydrogens (tertiary/aromatic N) is 1. The Balaban J connectivity index is 3.02. The highest BCUT2D eigenvalue weighted by atomic mass is 35.5. The maximum atomic E-state index is 11.1. The number of carboxylic acid groups (broad SMARTS) is 1. The number of halogens is 1. The maximum absolute atomic E-state index is 11.1. The van der Waals surface area contributed by atoms with Gasteiger partial charge in [-0.1, -0.05) is 25.4 Å². The van der Waals surface area contributed by atoms with Crippen LogP contribution in [-0.2, 0) is 4.79 Å². The Morgan fingerprint density at radius 3 is 2.65 bits per heavy atom. The van der Waals surface area contributed by atoms with Crippen LogP contribution in [0.3, 0.4) is 0 Å². The molecule has 0 aliphatic rings. The number of nitriles is 1. The van der Waals surface area contributed by atoms with Crippen molar-refractivity contribution >= 4 is 29.3 Å². The van der Waals surface area contributed by atoms with Crippen LogP contribution in [0.25, 0.3) is 0 Å². The van der Waals surface area contributed by atoms with Crippen LogP contribution < -0.4 is 0 Å². The van der Waals surface area contributed by atoms with Crippen LogP contribution in [0.15, 0.2) is 23.1 Å². The fourth-order valence-corrected chi connectivity index (χ4v) is 2.50. The Morgan fingerprint density at radius 1 is 1.53 bits per heavy atom. The average molecular weight is 270 g/mol. The molecule has 17 heavy (non-hydrogen) atoms. The molecule has 0 aliphatic carbocycles. The SMILES string of the molecule is CC(C)C(Sc1ccc(Cl)cc1C#N)C(=O)O. The number of thioether (sulfide) groups is 1. The molecule has 0 radical (unpaired) electrons.